The summed E-state index contributed by atoms with van der Waals surface area (Å²) in [5, 5.41) is 7.23. The highest BCUT2D eigenvalue weighted by Crippen LogP contribution is 2.31. The summed E-state index contributed by atoms with van der Waals surface area (Å²) in [5.41, 5.74) is 6.83. The molecule has 1 atom stereocenters. The number of hydrogen-bond donors (Lipinski definition) is 2. The Hall–Kier alpha value is -1.53. The molecule has 1 aromatic carbocycles. The lowest BCUT2D eigenvalue weighted by Crippen LogP contribution is -2.19. The molecule has 5 nitrogen and oxygen atoms in total. The highest BCUT2D eigenvalue weighted by atomic mass is 32.2. The van der Waals surface area contributed by atoms with Crippen LogP contribution in [0.1, 0.15) is 38.4 Å². The molecule has 2 aromatic rings. The largest absolute Gasteiger partial charge is 0.344 e. The van der Waals surface area contributed by atoms with Gasteiger partial charge in [0, 0.05) is 17.0 Å². The molecule has 0 spiro atoms. The Labute approximate surface area is 116 Å². The maximum absolute atomic E-state index is 11.7. The van der Waals surface area contributed by atoms with E-state index in [-0.39, 0.29) is 17.8 Å². The van der Waals surface area contributed by atoms with Crippen molar-refractivity contribution in [2.24, 2.45) is 5.73 Å². The molecule has 0 unspecified atom stereocenters. The van der Waals surface area contributed by atoms with E-state index in [2.05, 4.69) is 10.2 Å². The number of rotatable bonds is 4. The Morgan fingerprint density at radius 3 is 2.63 bits per heavy atom. The average molecular weight is 278 g/mol. The molecule has 1 aromatic heterocycles. The van der Waals surface area contributed by atoms with Crippen LogP contribution in [0.25, 0.3) is 0 Å². The van der Waals surface area contributed by atoms with E-state index >= 15 is 0 Å². The van der Waals surface area contributed by atoms with Gasteiger partial charge in [-0.2, -0.15) is 0 Å². The van der Waals surface area contributed by atoms with E-state index in [4.69, 9.17) is 5.73 Å². The van der Waals surface area contributed by atoms with E-state index in [0.29, 0.717) is 5.16 Å². The second-order valence-corrected chi connectivity index (χ2v) is 5.71. The molecular weight excluding hydrogens is 260 g/mol. The number of nitrogens with zero attached hydrogens (tertiary/aromatic N) is 2. The van der Waals surface area contributed by atoms with Gasteiger partial charge in [-0.05, 0) is 44.2 Å². The van der Waals surface area contributed by atoms with E-state index < -0.39 is 0 Å². The van der Waals surface area contributed by atoms with Gasteiger partial charge < -0.3 is 5.73 Å². The fourth-order valence-corrected chi connectivity index (χ4v) is 3.06. The van der Waals surface area contributed by atoms with Crippen molar-refractivity contribution in [1.29, 1.82) is 0 Å². The molecule has 0 amide bonds. The van der Waals surface area contributed by atoms with Gasteiger partial charge >= 0.3 is 5.69 Å². The molecule has 0 saturated heterocycles. The summed E-state index contributed by atoms with van der Waals surface area (Å²) in [6.45, 7) is 5.86. The second-order valence-electron chi connectivity index (χ2n) is 4.70. The first-order valence-electron chi connectivity index (χ1n) is 6.20. The normalized spacial score (nSPS) is 12.9. The summed E-state index contributed by atoms with van der Waals surface area (Å²) in [6.07, 6.45) is 0. The Bertz CT molecular complexity index is 615. The topological polar surface area (TPSA) is 76.7 Å². The van der Waals surface area contributed by atoms with E-state index in [1.165, 1.54) is 11.8 Å². The minimum absolute atomic E-state index is 0.0538. The number of benzene rings is 1. The van der Waals surface area contributed by atoms with Crippen molar-refractivity contribution < 1.29 is 0 Å². The van der Waals surface area contributed by atoms with Gasteiger partial charge in [-0.25, -0.2) is 9.89 Å². The first-order chi connectivity index (χ1) is 9.00. The third-order valence-electron chi connectivity index (χ3n) is 2.80. The van der Waals surface area contributed by atoms with Crippen molar-refractivity contribution in [1.82, 2.24) is 14.8 Å². The maximum Gasteiger partial charge on any atom is 0.344 e. The van der Waals surface area contributed by atoms with Crippen LogP contribution in [0, 0.1) is 0 Å². The van der Waals surface area contributed by atoms with Crippen molar-refractivity contribution in [3.8, 4) is 0 Å². The van der Waals surface area contributed by atoms with Gasteiger partial charge in [-0.3, -0.25) is 4.57 Å². The molecular formula is C13H18N4OS. The molecule has 0 aliphatic carbocycles. The van der Waals surface area contributed by atoms with Crippen molar-refractivity contribution in [3.63, 3.8) is 0 Å². The average Bonchev–Trinajstić information content (AvgIpc) is 2.71. The SMILES string of the molecule is CC(C)n1c(Sc2ccccc2[C@H](C)N)n[nH]c1=O. The van der Waals surface area contributed by atoms with Crippen LogP contribution in [0.2, 0.25) is 0 Å². The van der Waals surface area contributed by atoms with Gasteiger partial charge in [-0.1, -0.05) is 18.2 Å². The summed E-state index contributed by atoms with van der Waals surface area (Å²) in [5.74, 6) is 0. The Kier molecular flexibility index (Phi) is 4.11. The van der Waals surface area contributed by atoms with Crippen molar-refractivity contribution in [2.45, 2.75) is 42.9 Å². The van der Waals surface area contributed by atoms with Gasteiger partial charge in [0.2, 0.25) is 0 Å². The van der Waals surface area contributed by atoms with Crippen molar-refractivity contribution in [3.05, 3.63) is 40.3 Å². The molecule has 6 heteroatoms. The van der Waals surface area contributed by atoms with Gasteiger partial charge in [0.05, 0.1) is 0 Å². The van der Waals surface area contributed by atoms with Gasteiger partial charge in [0.1, 0.15) is 0 Å². The van der Waals surface area contributed by atoms with E-state index in [9.17, 15) is 4.79 Å². The molecule has 102 valence electrons. The lowest BCUT2D eigenvalue weighted by Gasteiger charge is -2.13. The fourth-order valence-electron chi connectivity index (χ4n) is 1.87. The van der Waals surface area contributed by atoms with Gasteiger partial charge in [0.15, 0.2) is 5.16 Å². The van der Waals surface area contributed by atoms with E-state index in [1.54, 1.807) is 4.57 Å². The number of H-pyrrole nitrogens is 1. The number of nitrogens with two attached hydrogens (primary N) is 1. The minimum atomic E-state index is -0.184. The van der Waals surface area contributed by atoms with Crippen LogP contribution in [0.4, 0.5) is 0 Å². The minimum Gasteiger partial charge on any atom is -0.324 e. The predicted molar refractivity (Wildman–Crippen MR) is 76.4 cm³/mol. The number of hydrogen-bond acceptors (Lipinski definition) is 4. The first kappa shape index (κ1) is 13.9. The third kappa shape index (κ3) is 2.90. The van der Waals surface area contributed by atoms with Crippen molar-refractivity contribution >= 4 is 11.8 Å². The maximum atomic E-state index is 11.7. The summed E-state index contributed by atoms with van der Waals surface area (Å²) in [7, 11) is 0. The molecule has 0 bridgehead atoms. The molecule has 2 rings (SSSR count). The smallest absolute Gasteiger partial charge is 0.324 e. The number of aromatic amines is 1. The monoisotopic (exact) mass is 278 g/mol. The van der Waals surface area contributed by atoms with Crippen molar-refractivity contribution in [2.75, 3.05) is 0 Å². The van der Waals surface area contributed by atoms with Crippen LogP contribution in [0.3, 0.4) is 0 Å². The Balaban J connectivity index is 2.40. The zero-order valence-corrected chi connectivity index (χ0v) is 12.1. The molecule has 0 fully saturated rings. The highest BCUT2D eigenvalue weighted by molar-refractivity contribution is 7.99. The standard InChI is InChI=1S/C13H18N4OS/c1-8(2)17-12(18)15-16-13(17)19-11-7-5-4-6-10(11)9(3)14/h4-9H,14H2,1-3H3,(H,15,18)/t9-/m0/s1. The molecule has 0 radical (unpaired) electrons. The van der Waals surface area contributed by atoms with Crippen LogP contribution >= 0.6 is 11.8 Å². The lowest BCUT2D eigenvalue weighted by atomic mass is 10.1. The first-order valence-corrected chi connectivity index (χ1v) is 7.01. The van der Waals surface area contributed by atoms with Crippen LogP contribution in [-0.4, -0.2) is 14.8 Å². The fraction of sp³-hybridized carbons (Fsp3) is 0.385. The number of nitrogens with one attached hydrogen (secondary N) is 1. The molecule has 3 N–H and O–H groups in total. The Morgan fingerprint density at radius 2 is 2.00 bits per heavy atom. The summed E-state index contributed by atoms with van der Waals surface area (Å²) in [4.78, 5) is 12.7. The summed E-state index contributed by atoms with van der Waals surface area (Å²) >= 11 is 1.46. The second kappa shape index (κ2) is 5.63. The third-order valence-corrected chi connectivity index (χ3v) is 3.86. The molecule has 0 aliphatic heterocycles. The van der Waals surface area contributed by atoms with E-state index in [0.717, 1.165) is 10.5 Å². The van der Waals surface area contributed by atoms with Crippen LogP contribution in [-0.2, 0) is 0 Å². The van der Waals surface area contributed by atoms with Gasteiger partial charge in [-0.15, -0.1) is 5.10 Å². The molecule has 19 heavy (non-hydrogen) atoms. The molecule has 1 heterocycles. The van der Waals surface area contributed by atoms with Crippen LogP contribution in [0.5, 0.6) is 0 Å². The quantitative estimate of drug-likeness (QED) is 0.900. The van der Waals surface area contributed by atoms with Crippen LogP contribution in [0.15, 0.2) is 39.1 Å². The summed E-state index contributed by atoms with van der Waals surface area (Å²) in [6, 6.07) is 7.92. The van der Waals surface area contributed by atoms with Crippen LogP contribution < -0.4 is 11.4 Å². The predicted octanol–water partition coefficient (Wildman–Crippen LogP) is 2.32. The molecule has 0 aliphatic rings. The molecule has 0 saturated carbocycles. The Morgan fingerprint density at radius 1 is 1.32 bits per heavy atom. The van der Waals surface area contributed by atoms with Gasteiger partial charge in [0.25, 0.3) is 0 Å². The summed E-state index contributed by atoms with van der Waals surface area (Å²) < 4.78 is 1.64. The zero-order chi connectivity index (χ0) is 14.0. The lowest BCUT2D eigenvalue weighted by molar-refractivity contribution is 0.534. The number of aromatic nitrogens is 3. The zero-order valence-electron chi connectivity index (χ0n) is 11.3. The van der Waals surface area contributed by atoms with E-state index in [1.807, 2.05) is 45.0 Å². The highest BCUT2D eigenvalue weighted by Gasteiger charge is 2.15.